The lowest BCUT2D eigenvalue weighted by atomic mass is 9.80. The Bertz CT molecular complexity index is 1070. The van der Waals surface area contributed by atoms with Crippen LogP contribution in [0.1, 0.15) is 42.2 Å². The van der Waals surface area contributed by atoms with Crippen molar-refractivity contribution < 1.29 is 23.6 Å². The van der Waals surface area contributed by atoms with Gasteiger partial charge in [0, 0.05) is 31.9 Å². The zero-order valence-corrected chi connectivity index (χ0v) is 22.7. The molecular formula is C25H31BrFN2O3S2+. The molecule has 2 atom stereocenters. The van der Waals surface area contributed by atoms with Crippen LogP contribution in [0.3, 0.4) is 0 Å². The topological polar surface area (TPSA) is 66.4 Å². The number of halogens is 2. The minimum Gasteiger partial charge on any atom is -0.371 e. The molecule has 0 spiro atoms. The molecule has 1 aromatic heterocycles. The number of hydrogen-bond donors (Lipinski definition) is 2. The van der Waals surface area contributed by atoms with Crippen molar-refractivity contribution in [2.24, 2.45) is 5.92 Å². The van der Waals surface area contributed by atoms with Crippen molar-refractivity contribution in [3.8, 4) is 0 Å². The van der Waals surface area contributed by atoms with Crippen LogP contribution >= 0.6 is 39.0 Å². The third-order valence-electron chi connectivity index (χ3n) is 7.33. The van der Waals surface area contributed by atoms with E-state index in [-0.39, 0.29) is 17.0 Å². The van der Waals surface area contributed by atoms with Crippen molar-refractivity contribution >= 4 is 50.1 Å². The molecule has 1 unspecified atom stereocenters. The highest BCUT2D eigenvalue weighted by atomic mass is 79.9. The number of quaternary nitrogens is 1. The van der Waals surface area contributed by atoms with Crippen LogP contribution in [0.15, 0.2) is 34.1 Å². The number of nitrogens with one attached hydrogen (secondary N) is 1. The van der Waals surface area contributed by atoms with Crippen molar-refractivity contribution in [3.05, 3.63) is 55.9 Å². The van der Waals surface area contributed by atoms with Crippen molar-refractivity contribution in [1.82, 2.24) is 5.32 Å². The summed E-state index contributed by atoms with van der Waals surface area (Å²) in [5.74, 6) is 0.388. The standard InChI is InChI=1S/C25H30BrFN2O3S2/c1-16-14-19(4-5-20(16)27)25(32,22-6-7-23(26)34-22)24(31)28-21-15-29(10-3-13-33-17(2)30)11-8-18(21)9-12-29/h4-7,14,18,21,32H,3,8-13,15H2,1-2H3/p+1/t18?,21-,25?,29?/m0/s1. The quantitative estimate of drug-likeness (QED) is 0.360. The number of fused-ring (bicyclic) bond motifs is 3. The van der Waals surface area contributed by atoms with Gasteiger partial charge in [-0.05, 0) is 64.2 Å². The zero-order valence-electron chi connectivity index (χ0n) is 19.5. The van der Waals surface area contributed by atoms with Gasteiger partial charge in [0.2, 0.25) is 5.60 Å². The molecule has 2 N–H and O–H groups in total. The summed E-state index contributed by atoms with van der Waals surface area (Å²) in [6.45, 7) is 7.27. The summed E-state index contributed by atoms with van der Waals surface area (Å²) in [5, 5.41) is 15.2. The minimum atomic E-state index is -1.90. The van der Waals surface area contributed by atoms with Crippen LogP contribution in [-0.2, 0) is 15.2 Å². The summed E-state index contributed by atoms with van der Waals surface area (Å²) in [4.78, 5) is 25.5. The second-order valence-electron chi connectivity index (χ2n) is 9.58. The van der Waals surface area contributed by atoms with E-state index in [0.717, 1.165) is 59.5 Å². The molecule has 2 aromatic rings. The van der Waals surface area contributed by atoms with E-state index < -0.39 is 11.5 Å². The number of piperidine rings is 3. The molecule has 0 aliphatic carbocycles. The van der Waals surface area contributed by atoms with E-state index in [9.17, 15) is 19.1 Å². The first-order valence-electron chi connectivity index (χ1n) is 11.7. The van der Waals surface area contributed by atoms with Gasteiger partial charge in [-0.25, -0.2) is 4.39 Å². The van der Waals surface area contributed by atoms with Gasteiger partial charge in [-0.1, -0.05) is 17.8 Å². The van der Waals surface area contributed by atoms with Crippen LogP contribution in [0.4, 0.5) is 4.39 Å². The Balaban J connectivity index is 1.55. The number of hydrogen-bond acceptors (Lipinski definition) is 5. The number of amides is 1. The number of carbonyl (C=O) groups excluding carboxylic acids is 2. The van der Waals surface area contributed by atoms with Crippen LogP contribution in [0.25, 0.3) is 0 Å². The highest BCUT2D eigenvalue weighted by Crippen LogP contribution is 2.39. The van der Waals surface area contributed by atoms with Gasteiger partial charge in [0.15, 0.2) is 5.12 Å². The molecular weight excluding hydrogens is 539 g/mol. The number of carbonyl (C=O) groups is 2. The highest BCUT2D eigenvalue weighted by Gasteiger charge is 2.49. The number of aliphatic hydroxyl groups is 1. The Morgan fingerprint density at radius 3 is 2.65 bits per heavy atom. The molecule has 3 fully saturated rings. The smallest absolute Gasteiger partial charge is 0.262 e. The number of thiophene rings is 1. The van der Waals surface area contributed by atoms with Gasteiger partial charge >= 0.3 is 0 Å². The first-order valence-corrected chi connectivity index (χ1v) is 14.3. The summed E-state index contributed by atoms with van der Waals surface area (Å²) in [6.07, 6.45) is 3.06. The van der Waals surface area contributed by atoms with E-state index >= 15 is 0 Å². The second kappa shape index (κ2) is 10.4. The third-order valence-corrected chi connectivity index (χ3v) is 9.97. The number of benzene rings is 1. The summed E-state index contributed by atoms with van der Waals surface area (Å²) < 4.78 is 15.7. The predicted molar refractivity (Wildman–Crippen MR) is 138 cm³/mol. The molecule has 184 valence electrons. The minimum absolute atomic E-state index is 0.0214. The van der Waals surface area contributed by atoms with Gasteiger partial charge < -0.3 is 14.9 Å². The fourth-order valence-electron chi connectivity index (χ4n) is 5.42. The molecule has 1 aromatic carbocycles. The van der Waals surface area contributed by atoms with Gasteiger partial charge in [0.25, 0.3) is 5.91 Å². The Kier molecular flexibility index (Phi) is 7.89. The van der Waals surface area contributed by atoms with Crippen LogP contribution in [0.2, 0.25) is 0 Å². The molecule has 2 bridgehead atoms. The molecule has 0 radical (unpaired) electrons. The average molecular weight is 571 g/mol. The fourth-order valence-corrected chi connectivity index (χ4v) is 7.47. The largest absolute Gasteiger partial charge is 0.371 e. The molecule has 3 aliphatic rings. The number of thioether (sulfide) groups is 1. The average Bonchev–Trinajstić information content (AvgIpc) is 3.25. The van der Waals surface area contributed by atoms with Crippen LogP contribution < -0.4 is 5.32 Å². The fraction of sp³-hybridized carbons (Fsp3) is 0.520. The number of rotatable bonds is 8. The molecule has 34 heavy (non-hydrogen) atoms. The van der Waals surface area contributed by atoms with Gasteiger partial charge in [-0.2, -0.15) is 0 Å². The normalized spacial score (nSPS) is 25.7. The van der Waals surface area contributed by atoms with Gasteiger partial charge in [0.05, 0.1) is 40.9 Å². The van der Waals surface area contributed by atoms with Crippen molar-refractivity contribution in [3.63, 3.8) is 0 Å². The van der Waals surface area contributed by atoms with E-state index in [4.69, 9.17) is 0 Å². The lowest BCUT2D eigenvalue weighted by Gasteiger charge is -2.53. The van der Waals surface area contributed by atoms with E-state index in [1.54, 1.807) is 26.0 Å². The third kappa shape index (κ3) is 5.28. The number of nitrogens with zero attached hydrogens (tertiary/aromatic N) is 1. The van der Waals surface area contributed by atoms with Crippen molar-refractivity contribution in [2.45, 2.75) is 44.8 Å². The molecule has 1 amide bonds. The van der Waals surface area contributed by atoms with E-state index in [2.05, 4.69) is 21.2 Å². The summed E-state index contributed by atoms with van der Waals surface area (Å²) in [7, 11) is 0. The van der Waals surface area contributed by atoms with Crippen molar-refractivity contribution in [1.29, 1.82) is 0 Å². The molecule has 3 saturated heterocycles. The Morgan fingerprint density at radius 1 is 1.29 bits per heavy atom. The Morgan fingerprint density at radius 2 is 2.03 bits per heavy atom. The number of aryl methyl sites for hydroxylation is 1. The van der Waals surface area contributed by atoms with E-state index in [1.807, 2.05) is 6.07 Å². The van der Waals surface area contributed by atoms with Gasteiger partial charge in [-0.15, -0.1) is 11.3 Å². The summed E-state index contributed by atoms with van der Waals surface area (Å²) >= 11 is 6.11. The van der Waals surface area contributed by atoms with Crippen LogP contribution in [0, 0.1) is 18.7 Å². The molecule has 3 aliphatic heterocycles. The first-order chi connectivity index (χ1) is 16.1. The van der Waals surface area contributed by atoms with Crippen molar-refractivity contribution in [2.75, 3.05) is 31.9 Å². The maximum Gasteiger partial charge on any atom is 0.262 e. The summed E-state index contributed by atoms with van der Waals surface area (Å²) in [5.41, 5.74) is -1.15. The van der Waals surface area contributed by atoms with Crippen LogP contribution in [0.5, 0.6) is 0 Å². The second-order valence-corrected chi connectivity index (χ2v) is 13.3. The van der Waals surface area contributed by atoms with Crippen LogP contribution in [-0.4, -0.2) is 58.6 Å². The lowest BCUT2D eigenvalue weighted by Crippen LogP contribution is -2.68. The zero-order chi connectivity index (χ0) is 24.5. The van der Waals surface area contributed by atoms with Gasteiger partial charge in [-0.3, -0.25) is 9.59 Å². The Labute approximate surface area is 216 Å². The summed E-state index contributed by atoms with van der Waals surface area (Å²) in [6, 6.07) is 7.88. The lowest BCUT2D eigenvalue weighted by molar-refractivity contribution is -0.943. The molecule has 5 nitrogen and oxygen atoms in total. The highest BCUT2D eigenvalue weighted by molar-refractivity contribution is 9.11. The van der Waals surface area contributed by atoms with E-state index in [1.165, 1.54) is 35.2 Å². The first kappa shape index (κ1) is 25.8. The van der Waals surface area contributed by atoms with E-state index in [0.29, 0.717) is 21.9 Å². The molecule has 0 saturated carbocycles. The Hall–Kier alpha value is -1.26. The maximum absolute atomic E-state index is 14.0. The monoisotopic (exact) mass is 569 g/mol. The maximum atomic E-state index is 14.0. The molecule has 5 rings (SSSR count). The SMILES string of the molecule is CC(=O)SCCC[N+]12CCC(CC1)[C@@H](NC(=O)C(O)(c1ccc(F)c(C)c1)c1ccc(Br)s1)C2. The predicted octanol–water partition coefficient (Wildman–Crippen LogP) is 4.59. The molecule has 9 heteroatoms. The molecule has 4 heterocycles. The van der Waals surface area contributed by atoms with Gasteiger partial charge in [0.1, 0.15) is 5.82 Å².